The van der Waals surface area contributed by atoms with E-state index in [1.807, 2.05) is 6.08 Å². The van der Waals surface area contributed by atoms with Gasteiger partial charge in [0.15, 0.2) is 0 Å². The van der Waals surface area contributed by atoms with Gasteiger partial charge in [-0.05, 0) is 97.3 Å². The SMILES string of the molecule is C=CCCc1cc(F)c2cc([C@@H]3CC[C@@H]4CC(CCCCC)CCC4C3)ccc2c1. The molecule has 30 heavy (non-hydrogen) atoms. The number of aryl methyl sites for hydroxylation is 1. The van der Waals surface area contributed by atoms with Crippen LogP contribution in [0.3, 0.4) is 0 Å². The van der Waals surface area contributed by atoms with E-state index in [4.69, 9.17) is 0 Å². The summed E-state index contributed by atoms with van der Waals surface area (Å²) in [5.41, 5.74) is 2.44. The largest absolute Gasteiger partial charge is 0.206 e. The van der Waals surface area contributed by atoms with Crippen LogP contribution in [-0.2, 0) is 6.42 Å². The minimum Gasteiger partial charge on any atom is -0.206 e. The second-order valence-corrected chi connectivity index (χ2v) is 10.1. The van der Waals surface area contributed by atoms with Crippen molar-refractivity contribution in [1.82, 2.24) is 0 Å². The van der Waals surface area contributed by atoms with Crippen molar-refractivity contribution in [2.24, 2.45) is 17.8 Å². The molecular weight excluding hydrogens is 367 g/mol. The van der Waals surface area contributed by atoms with E-state index in [-0.39, 0.29) is 5.82 Å². The Labute approximate surface area is 183 Å². The predicted octanol–water partition coefficient (Wildman–Crippen LogP) is 8.98. The topological polar surface area (TPSA) is 0 Å². The summed E-state index contributed by atoms with van der Waals surface area (Å²) in [7, 11) is 0. The van der Waals surface area contributed by atoms with Crippen molar-refractivity contribution in [1.29, 1.82) is 0 Å². The third kappa shape index (κ3) is 4.98. The summed E-state index contributed by atoms with van der Waals surface area (Å²) < 4.78 is 14.8. The van der Waals surface area contributed by atoms with Crippen molar-refractivity contribution in [3.8, 4) is 0 Å². The highest BCUT2D eigenvalue weighted by atomic mass is 19.1. The van der Waals surface area contributed by atoms with Gasteiger partial charge in [0.2, 0.25) is 0 Å². The number of halogens is 1. The molecule has 2 aromatic carbocycles. The fourth-order valence-electron chi connectivity index (χ4n) is 6.29. The molecule has 4 rings (SSSR count). The molecule has 0 heterocycles. The molecular formula is C29H39F. The lowest BCUT2D eigenvalue weighted by Crippen LogP contribution is -2.30. The Morgan fingerprint density at radius 1 is 1.00 bits per heavy atom. The van der Waals surface area contributed by atoms with Crippen LogP contribution in [0.15, 0.2) is 43.0 Å². The molecule has 1 heteroatoms. The molecule has 0 amide bonds. The first-order valence-electron chi connectivity index (χ1n) is 12.5. The molecule has 2 fully saturated rings. The first-order chi connectivity index (χ1) is 14.7. The van der Waals surface area contributed by atoms with Gasteiger partial charge in [0.25, 0.3) is 0 Å². The Balaban J connectivity index is 1.42. The molecule has 0 aliphatic heterocycles. The fourth-order valence-corrected chi connectivity index (χ4v) is 6.29. The third-order valence-corrected chi connectivity index (χ3v) is 8.03. The molecule has 0 bridgehead atoms. The maximum absolute atomic E-state index is 14.8. The lowest BCUT2D eigenvalue weighted by molar-refractivity contribution is 0.113. The van der Waals surface area contributed by atoms with Crippen molar-refractivity contribution in [3.05, 3.63) is 59.9 Å². The highest BCUT2D eigenvalue weighted by molar-refractivity contribution is 5.84. The molecule has 0 N–H and O–H groups in total. The lowest BCUT2D eigenvalue weighted by atomic mass is 9.63. The van der Waals surface area contributed by atoms with Gasteiger partial charge in [-0.25, -0.2) is 4.39 Å². The molecule has 2 aliphatic rings. The van der Waals surface area contributed by atoms with Crippen molar-refractivity contribution < 1.29 is 4.39 Å². The summed E-state index contributed by atoms with van der Waals surface area (Å²) >= 11 is 0. The molecule has 2 aromatic rings. The maximum atomic E-state index is 14.8. The Morgan fingerprint density at radius 2 is 1.83 bits per heavy atom. The average Bonchev–Trinajstić information content (AvgIpc) is 2.77. The van der Waals surface area contributed by atoms with Crippen molar-refractivity contribution in [2.75, 3.05) is 0 Å². The molecule has 0 aromatic heterocycles. The van der Waals surface area contributed by atoms with E-state index in [9.17, 15) is 4.39 Å². The van der Waals surface area contributed by atoms with Crippen LogP contribution in [0, 0.1) is 23.6 Å². The number of fused-ring (bicyclic) bond motifs is 2. The Bertz CT molecular complexity index is 851. The van der Waals surface area contributed by atoms with Crippen molar-refractivity contribution >= 4 is 10.8 Å². The van der Waals surface area contributed by atoms with Crippen LogP contribution < -0.4 is 0 Å². The van der Waals surface area contributed by atoms with E-state index in [0.29, 0.717) is 5.92 Å². The van der Waals surface area contributed by atoms with E-state index < -0.39 is 0 Å². The zero-order valence-electron chi connectivity index (χ0n) is 18.8. The summed E-state index contributed by atoms with van der Waals surface area (Å²) in [6, 6.07) is 10.5. The Kier molecular flexibility index (Phi) is 7.28. The number of allylic oxidation sites excluding steroid dienone is 1. The number of hydrogen-bond acceptors (Lipinski definition) is 0. The molecule has 0 saturated heterocycles. The van der Waals surface area contributed by atoms with Crippen LogP contribution in [0.25, 0.3) is 10.8 Å². The summed E-state index contributed by atoms with van der Waals surface area (Å²) in [6.07, 6.45) is 17.6. The first kappa shape index (κ1) is 21.6. The quantitative estimate of drug-likeness (QED) is 0.303. The van der Waals surface area contributed by atoms with Crippen LogP contribution in [0.2, 0.25) is 0 Å². The molecule has 0 nitrogen and oxygen atoms in total. The highest BCUT2D eigenvalue weighted by Gasteiger charge is 2.35. The van der Waals surface area contributed by atoms with E-state index in [0.717, 1.165) is 46.9 Å². The summed E-state index contributed by atoms with van der Waals surface area (Å²) in [4.78, 5) is 0. The number of rotatable bonds is 8. The predicted molar refractivity (Wildman–Crippen MR) is 127 cm³/mol. The molecule has 0 spiro atoms. The number of benzene rings is 2. The molecule has 162 valence electrons. The second-order valence-electron chi connectivity index (χ2n) is 10.1. The zero-order valence-corrected chi connectivity index (χ0v) is 18.8. The van der Waals surface area contributed by atoms with Gasteiger partial charge in [-0.3, -0.25) is 0 Å². The van der Waals surface area contributed by atoms with Crippen LogP contribution in [-0.4, -0.2) is 0 Å². The molecule has 0 radical (unpaired) electrons. The minimum atomic E-state index is -0.0605. The Morgan fingerprint density at radius 3 is 2.67 bits per heavy atom. The first-order valence-corrected chi connectivity index (χ1v) is 12.5. The van der Waals surface area contributed by atoms with Gasteiger partial charge in [0, 0.05) is 5.39 Å². The van der Waals surface area contributed by atoms with Crippen molar-refractivity contribution in [2.45, 2.75) is 89.9 Å². The van der Waals surface area contributed by atoms with Gasteiger partial charge >= 0.3 is 0 Å². The van der Waals surface area contributed by atoms with E-state index in [2.05, 4.69) is 37.8 Å². The molecule has 2 aliphatic carbocycles. The number of unbranched alkanes of at least 4 members (excludes halogenated alkanes) is 2. The van der Waals surface area contributed by atoms with Crippen LogP contribution in [0.1, 0.15) is 94.6 Å². The van der Waals surface area contributed by atoms with Crippen LogP contribution in [0.4, 0.5) is 4.39 Å². The molecule has 4 atom stereocenters. The standard InChI is InChI=1S/C29H39F/c1-3-5-7-9-21-10-11-24-19-25(13-12-23(24)16-21)26-14-15-27-17-22(8-6-4-2)18-29(30)28(27)20-26/h4,14-15,17-18,20-21,23-25H,2-3,5-13,16,19H2,1H3/t21?,23-,24?,25-/m1/s1. The van der Waals surface area contributed by atoms with Gasteiger partial charge in [0.1, 0.15) is 5.82 Å². The minimum absolute atomic E-state index is 0.0605. The summed E-state index contributed by atoms with van der Waals surface area (Å²) in [5, 5.41) is 1.84. The van der Waals surface area contributed by atoms with Gasteiger partial charge < -0.3 is 0 Å². The van der Waals surface area contributed by atoms with Gasteiger partial charge in [-0.15, -0.1) is 6.58 Å². The zero-order chi connectivity index (χ0) is 20.9. The Hall–Kier alpha value is -1.63. The van der Waals surface area contributed by atoms with Crippen molar-refractivity contribution in [3.63, 3.8) is 0 Å². The van der Waals surface area contributed by atoms with Gasteiger partial charge in [-0.2, -0.15) is 0 Å². The average molecular weight is 407 g/mol. The maximum Gasteiger partial charge on any atom is 0.131 e. The van der Waals surface area contributed by atoms with Gasteiger partial charge in [0.05, 0.1) is 0 Å². The summed E-state index contributed by atoms with van der Waals surface area (Å²) in [5.74, 6) is 3.39. The van der Waals surface area contributed by atoms with Crippen LogP contribution >= 0.6 is 0 Å². The second kappa shape index (κ2) is 10.1. The lowest BCUT2D eigenvalue weighted by Gasteiger charge is -2.42. The normalized spacial score (nSPS) is 26.5. The third-order valence-electron chi connectivity index (χ3n) is 8.03. The summed E-state index contributed by atoms with van der Waals surface area (Å²) in [6.45, 7) is 6.08. The van der Waals surface area contributed by atoms with E-state index in [1.54, 1.807) is 6.07 Å². The smallest absolute Gasteiger partial charge is 0.131 e. The van der Waals surface area contributed by atoms with Gasteiger partial charge in [-0.1, -0.05) is 63.3 Å². The van der Waals surface area contributed by atoms with E-state index >= 15 is 0 Å². The van der Waals surface area contributed by atoms with E-state index in [1.165, 1.54) is 69.8 Å². The fraction of sp³-hybridized carbons (Fsp3) is 0.586. The van der Waals surface area contributed by atoms with Crippen LogP contribution in [0.5, 0.6) is 0 Å². The monoisotopic (exact) mass is 406 g/mol. The molecule has 2 unspecified atom stereocenters. The number of hydrogen-bond donors (Lipinski definition) is 0. The molecule has 2 saturated carbocycles. The highest BCUT2D eigenvalue weighted by Crippen LogP contribution is 2.48.